The predicted molar refractivity (Wildman–Crippen MR) is 53.5 cm³/mol. The maximum atomic E-state index is 5.95. The molecule has 0 fully saturated rings. The van der Waals surface area contributed by atoms with E-state index in [2.05, 4.69) is 6.07 Å². The van der Waals surface area contributed by atoms with E-state index >= 15 is 0 Å². The van der Waals surface area contributed by atoms with Crippen LogP contribution in [-0.4, -0.2) is 0 Å². The Morgan fingerprint density at radius 2 is 1.83 bits per heavy atom. The molecule has 0 aliphatic heterocycles. The van der Waals surface area contributed by atoms with E-state index in [9.17, 15) is 0 Å². The normalized spacial score (nSPS) is 13.1. The maximum absolute atomic E-state index is 5.95. The van der Waals surface area contributed by atoms with Gasteiger partial charge in [0.1, 0.15) is 0 Å². The van der Waals surface area contributed by atoms with Crippen molar-refractivity contribution in [2.45, 2.75) is 26.8 Å². The average molecular weight is 184 g/mol. The molecule has 66 valence electrons. The van der Waals surface area contributed by atoms with Crippen LogP contribution in [0.3, 0.4) is 0 Å². The van der Waals surface area contributed by atoms with E-state index in [-0.39, 0.29) is 6.04 Å². The highest BCUT2D eigenvalue weighted by Crippen LogP contribution is 2.23. The molecule has 1 atom stereocenters. The van der Waals surface area contributed by atoms with Crippen LogP contribution in [0.2, 0.25) is 5.02 Å². The van der Waals surface area contributed by atoms with Gasteiger partial charge in [0.15, 0.2) is 0 Å². The minimum absolute atomic E-state index is 0.0842. The Kier molecular flexibility index (Phi) is 2.76. The third-order valence-electron chi connectivity index (χ3n) is 2.04. The molecule has 2 heteroatoms. The van der Waals surface area contributed by atoms with Crippen molar-refractivity contribution in [1.82, 2.24) is 0 Å². The molecule has 2 N–H and O–H groups in total. The smallest absolute Gasteiger partial charge is 0.0438 e. The standard InChI is InChI=1S/C10H14ClN/c1-6-5-10(11)7(2)4-9(6)8(3)12/h4-5,8H,12H2,1-3H3/t8-/m0/s1. The van der Waals surface area contributed by atoms with Crippen LogP contribution in [0.15, 0.2) is 12.1 Å². The SMILES string of the molecule is Cc1cc([C@H](C)N)c(C)cc1Cl. The second-order valence-corrected chi connectivity index (χ2v) is 3.65. The van der Waals surface area contributed by atoms with Crippen molar-refractivity contribution in [3.05, 3.63) is 33.8 Å². The van der Waals surface area contributed by atoms with Gasteiger partial charge in [0.25, 0.3) is 0 Å². The van der Waals surface area contributed by atoms with Crippen molar-refractivity contribution in [3.63, 3.8) is 0 Å². The number of aryl methyl sites for hydroxylation is 2. The van der Waals surface area contributed by atoms with Gasteiger partial charge in [0.05, 0.1) is 0 Å². The van der Waals surface area contributed by atoms with Gasteiger partial charge in [-0.25, -0.2) is 0 Å². The minimum Gasteiger partial charge on any atom is -0.324 e. The van der Waals surface area contributed by atoms with Crippen LogP contribution in [0.25, 0.3) is 0 Å². The van der Waals surface area contributed by atoms with Crippen LogP contribution in [-0.2, 0) is 0 Å². The number of nitrogens with two attached hydrogens (primary N) is 1. The molecule has 0 saturated heterocycles. The van der Waals surface area contributed by atoms with Gasteiger partial charge in [-0.05, 0) is 43.5 Å². The van der Waals surface area contributed by atoms with E-state index in [0.29, 0.717) is 0 Å². The molecule has 0 radical (unpaired) electrons. The molecule has 1 nitrogen and oxygen atoms in total. The van der Waals surface area contributed by atoms with Gasteiger partial charge in [-0.1, -0.05) is 17.7 Å². The van der Waals surface area contributed by atoms with Crippen LogP contribution in [0.4, 0.5) is 0 Å². The van der Waals surface area contributed by atoms with Gasteiger partial charge in [-0.15, -0.1) is 0 Å². The molecule has 0 bridgehead atoms. The Morgan fingerprint density at radius 1 is 1.25 bits per heavy atom. The molecule has 0 saturated carbocycles. The predicted octanol–water partition coefficient (Wildman–Crippen LogP) is 2.98. The van der Waals surface area contributed by atoms with E-state index in [1.165, 1.54) is 11.1 Å². The van der Waals surface area contributed by atoms with E-state index in [1.54, 1.807) is 0 Å². The lowest BCUT2D eigenvalue weighted by Crippen LogP contribution is -2.07. The number of rotatable bonds is 1. The molecule has 0 aromatic heterocycles. The summed E-state index contributed by atoms with van der Waals surface area (Å²) >= 11 is 5.95. The molecule has 1 aromatic carbocycles. The average Bonchev–Trinajstić information content (AvgIpc) is 1.96. The van der Waals surface area contributed by atoms with Crippen LogP contribution < -0.4 is 5.73 Å². The second-order valence-electron chi connectivity index (χ2n) is 3.25. The van der Waals surface area contributed by atoms with E-state index < -0.39 is 0 Å². The zero-order chi connectivity index (χ0) is 9.30. The maximum Gasteiger partial charge on any atom is 0.0438 e. The molecule has 0 aliphatic carbocycles. The molecule has 0 aliphatic rings. The lowest BCUT2D eigenvalue weighted by molar-refractivity contribution is 0.808. The lowest BCUT2D eigenvalue weighted by atomic mass is 10.0. The van der Waals surface area contributed by atoms with Crippen molar-refractivity contribution in [1.29, 1.82) is 0 Å². The van der Waals surface area contributed by atoms with Crippen LogP contribution in [0.1, 0.15) is 29.7 Å². The summed E-state index contributed by atoms with van der Waals surface area (Å²) in [5.41, 5.74) is 9.23. The molecule has 0 heterocycles. The topological polar surface area (TPSA) is 26.0 Å². The monoisotopic (exact) mass is 183 g/mol. The highest BCUT2D eigenvalue weighted by atomic mass is 35.5. The number of benzene rings is 1. The van der Waals surface area contributed by atoms with Crippen LogP contribution in [0.5, 0.6) is 0 Å². The molecular formula is C10H14ClN. The second kappa shape index (κ2) is 3.46. The first-order valence-electron chi connectivity index (χ1n) is 4.04. The molecular weight excluding hydrogens is 170 g/mol. The summed E-state index contributed by atoms with van der Waals surface area (Å²) in [6.07, 6.45) is 0. The zero-order valence-electron chi connectivity index (χ0n) is 7.69. The molecule has 0 spiro atoms. The summed E-state index contributed by atoms with van der Waals surface area (Å²) in [5, 5.41) is 0.817. The summed E-state index contributed by atoms with van der Waals surface area (Å²) in [7, 11) is 0. The summed E-state index contributed by atoms with van der Waals surface area (Å²) in [5.74, 6) is 0. The highest BCUT2D eigenvalue weighted by Gasteiger charge is 2.05. The van der Waals surface area contributed by atoms with Crippen molar-refractivity contribution in [3.8, 4) is 0 Å². The Bertz CT molecular complexity index is 292. The molecule has 1 aromatic rings. The van der Waals surface area contributed by atoms with E-state index in [0.717, 1.165) is 10.6 Å². The molecule has 1 rings (SSSR count). The van der Waals surface area contributed by atoms with Crippen LogP contribution >= 0.6 is 11.6 Å². The van der Waals surface area contributed by atoms with Gasteiger partial charge < -0.3 is 5.73 Å². The lowest BCUT2D eigenvalue weighted by Gasteiger charge is -2.11. The highest BCUT2D eigenvalue weighted by molar-refractivity contribution is 6.31. The summed E-state index contributed by atoms with van der Waals surface area (Å²) in [6, 6.07) is 4.11. The van der Waals surface area contributed by atoms with Gasteiger partial charge in [-0.3, -0.25) is 0 Å². The summed E-state index contributed by atoms with van der Waals surface area (Å²) in [6.45, 7) is 6.01. The van der Waals surface area contributed by atoms with Crippen molar-refractivity contribution < 1.29 is 0 Å². The largest absolute Gasteiger partial charge is 0.324 e. The van der Waals surface area contributed by atoms with E-state index in [4.69, 9.17) is 17.3 Å². The first-order valence-corrected chi connectivity index (χ1v) is 4.42. The fourth-order valence-electron chi connectivity index (χ4n) is 1.29. The van der Waals surface area contributed by atoms with Gasteiger partial charge in [0, 0.05) is 11.1 Å². The Morgan fingerprint density at radius 3 is 2.33 bits per heavy atom. The van der Waals surface area contributed by atoms with Crippen LogP contribution in [0, 0.1) is 13.8 Å². The van der Waals surface area contributed by atoms with Crippen molar-refractivity contribution in [2.75, 3.05) is 0 Å². The molecule has 0 unspecified atom stereocenters. The van der Waals surface area contributed by atoms with Gasteiger partial charge >= 0.3 is 0 Å². The van der Waals surface area contributed by atoms with Crippen molar-refractivity contribution in [2.24, 2.45) is 5.73 Å². The minimum atomic E-state index is 0.0842. The quantitative estimate of drug-likeness (QED) is 0.712. The number of hydrogen-bond acceptors (Lipinski definition) is 1. The third kappa shape index (κ3) is 1.79. The number of halogens is 1. The first kappa shape index (κ1) is 9.56. The van der Waals surface area contributed by atoms with Gasteiger partial charge in [-0.2, -0.15) is 0 Å². The van der Waals surface area contributed by atoms with Gasteiger partial charge in [0.2, 0.25) is 0 Å². The zero-order valence-corrected chi connectivity index (χ0v) is 8.44. The number of hydrogen-bond donors (Lipinski definition) is 1. The third-order valence-corrected chi connectivity index (χ3v) is 2.45. The van der Waals surface area contributed by atoms with Crippen molar-refractivity contribution >= 4 is 11.6 Å². The fraction of sp³-hybridized carbons (Fsp3) is 0.400. The first-order chi connectivity index (χ1) is 5.52. The summed E-state index contributed by atoms with van der Waals surface area (Å²) in [4.78, 5) is 0. The molecule has 12 heavy (non-hydrogen) atoms. The Labute approximate surface area is 78.5 Å². The Hall–Kier alpha value is -0.530. The Balaban J connectivity index is 3.23. The summed E-state index contributed by atoms with van der Waals surface area (Å²) < 4.78 is 0. The van der Waals surface area contributed by atoms with E-state index in [1.807, 2.05) is 26.8 Å². The fourth-order valence-corrected chi connectivity index (χ4v) is 1.51. The molecule has 0 amide bonds.